The number of halogens is 3. The Kier molecular flexibility index (Phi) is 3.25. The molecule has 19 heavy (non-hydrogen) atoms. The van der Waals surface area contributed by atoms with Gasteiger partial charge in [0.2, 0.25) is 0 Å². The van der Waals surface area contributed by atoms with Gasteiger partial charge in [-0.25, -0.2) is 0 Å². The molecule has 0 atom stereocenters. The molecule has 100 valence electrons. The normalized spacial score (nSPS) is 11.3. The topological polar surface area (TPSA) is 55.5 Å². The average molecular weight is 269 g/mol. The number of hydrogen-bond acceptors (Lipinski definition) is 3. The molecule has 2 aromatic rings. The van der Waals surface area contributed by atoms with Crippen molar-refractivity contribution in [3.63, 3.8) is 0 Å². The van der Waals surface area contributed by atoms with E-state index >= 15 is 0 Å². The number of alkyl halides is 3. The van der Waals surface area contributed by atoms with Gasteiger partial charge in [-0.2, -0.15) is 0 Å². The van der Waals surface area contributed by atoms with Crippen LogP contribution in [-0.2, 0) is 0 Å². The minimum atomic E-state index is -4.71. The Hall–Kier alpha value is -2.37. The van der Waals surface area contributed by atoms with Gasteiger partial charge < -0.3 is 15.6 Å². The second-order valence-electron chi connectivity index (χ2n) is 3.85. The van der Waals surface area contributed by atoms with E-state index in [-0.39, 0.29) is 17.2 Å². The van der Waals surface area contributed by atoms with Gasteiger partial charge >= 0.3 is 6.36 Å². The highest BCUT2D eigenvalue weighted by atomic mass is 19.4. The molecule has 0 bridgehead atoms. The maximum Gasteiger partial charge on any atom is 0.573 e. The molecular formula is C13H10F3NO2. The predicted molar refractivity (Wildman–Crippen MR) is 64.6 cm³/mol. The largest absolute Gasteiger partial charge is 0.573 e. The van der Waals surface area contributed by atoms with Crippen LogP contribution in [0.3, 0.4) is 0 Å². The molecular weight excluding hydrogens is 259 g/mol. The van der Waals surface area contributed by atoms with E-state index < -0.39 is 6.36 Å². The molecule has 0 aromatic heterocycles. The number of anilines is 1. The molecule has 0 unspecified atom stereocenters. The Labute approximate surface area is 107 Å². The third kappa shape index (κ3) is 3.31. The highest BCUT2D eigenvalue weighted by molar-refractivity contribution is 5.69. The van der Waals surface area contributed by atoms with Crippen LogP contribution in [0.25, 0.3) is 11.1 Å². The van der Waals surface area contributed by atoms with Crippen molar-refractivity contribution in [2.45, 2.75) is 6.36 Å². The summed E-state index contributed by atoms with van der Waals surface area (Å²) >= 11 is 0. The summed E-state index contributed by atoms with van der Waals surface area (Å²) in [4.78, 5) is 0. The molecule has 2 rings (SSSR count). The van der Waals surface area contributed by atoms with E-state index in [4.69, 9.17) is 5.73 Å². The van der Waals surface area contributed by atoms with Gasteiger partial charge in [0, 0.05) is 0 Å². The van der Waals surface area contributed by atoms with Crippen molar-refractivity contribution in [1.82, 2.24) is 0 Å². The monoisotopic (exact) mass is 269 g/mol. The lowest BCUT2D eigenvalue weighted by molar-refractivity contribution is -0.274. The number of rotatable bonds is 2. The van der Waals surface area contributed by atoms with Gasteiger partial charge in [-0.3, -0.25) is 0 Å². The molecule has 3 nitrogen and oxygen atoms in total. The van der Waals surface area contributed by atoms with Crippen molar-refractivity contribution >= 4 is 5.69 Å². The van der Waals surface area contributed by atoms with E-state index in [0.717, 1.165) is 0 Å². The number of phenols is 1. The standard InChI is InChI=1S/C13H10F3NO2/c14-13(15,16)19-10-4-1-8(2-5-10)9-3-6-11(17)12(18)7-9/h1-7,18H,17H2. The van der Waals surface area contributed by atoms with E-state index in [0.29, 0.717) is 11.1 Å². The quantitative estimate of drug-likeness (QED) is 0.647. The first kappa shape index (κ1) is 13.1. The van der Waals surface area contributed by atoms with Crippen molar-refractivity contribution < 1.29 is 23.0 Å². The lowest BCUT2D eigenvalue weighted by Gasteiger charge is -2.09. The predicted octanol–water partition coefficient (Wildman–Crippen LogP) is 3.54. The van der Waals surface area contributed by atoms with E-state index in [9.17, 15) is 18.3 Å². The second kappa shape index (κ2) is 4.72. The number of aromatic hydroxyl groups is 1. The first-order valence-electron chi connectivity index (χ1n) is 5.30. The summed E-state index contributed by atoms with van der Waals surface area (Å²) in [6, 6.07) is 9.96. The van der Waals surface area contributed by atoms with Gasteiger partial charge in [0.25, 0.3) is 0 Å². The zero-order valence-corrected chi connectivity index (χ0v) is 9.61. The van der Waals surface area contributed by atoms with Crippen molar-refractivity contribution in [3.8, 4) is 22.6 Å². The van der Waals surface area contributed by atoms with Gasteiger partial charge in [-0.1, -0.05) is 18.2 Å². The molecule has 0 heterocycles. The van der Waals surface area contributed by atoms with Crippen LogP contribution in [0, 0.1) is 0 Å². The smallest absolute Gasteiger partial charge is 0.506 e. The Balaban J connectivity index is 2.25. The average Bonchev–Trinajstić information content (AvgIpc) is 2.32. The maximum atomic E-state index is 12.0. The van der Waals surface area contributed by atoms with Crippen LogP contribution in [-0.4, -0.2) is 11.5 Å². The van der Waals surface area contributed by atoms with Crippen LogP contribution in [0.5, 0.6) is 11.5 Å². The first-order chi connectivity index (χ1) is 8.85. The molecule has 0 fully saturated rings. The molecule has 0 aliphatic carbocycles. The molecule has 2 aromatic carbocycles. The zero-order chi connectivity index (χ0) is 14.0. The summed E-state index contributed by atoms with van der Waals surface area (Å²) in [5, 5.41) is 9.47. The first-order valence-corrected chi connectivity index (χ1v) is 5.30. The third-order valence-corrected chi connectivity index (χ3v) is 2.45. The van der Waals surface area contributed by atoms with Gasteiger partial charge in [0.1, 0.15) is 11.5 Å². The van der Waals surface area contributed by atoms with E-state index in [1.807, 2.05) is 0 Å². The molecule has 0 amide bonds. The lowest BCUT2D eigenvalue weighted by Crippen LogP contribution is -2.16. The Morgan fingerprint density at radius 1 is 0.947 bits per heavy atom. The van der Waals surface area contributed by atoms with Gasteiger partial charge in [0.05, 0.1) is 5.69 Å². The fraction of sp³-hybridized carbons (Fsp3) is 0.0769. The van der Waals surface area contributed by atoms with Gasteiger partial charge in [-0.05, 0) is 35.4 Å². The number of nitrogens with two attached hydrogens (primary N) is 1. The zero-order valence-electron chi connectivity index (χ0n) is 9.61. The number of nitrogen functional groups attached to an aromatic ring is 1. The molecule has 0 aliphatic rings. The molecule has 0 saturated carbocycles. The maximum absolute atomic E-state index is 12.0. The number of ether oxygens (including phenoxy) is 1. The minimum absolute atomic E-state index is 0.0758. The summed E-state index contributed by atoms with van der Waals surface area (Å²) in [6.45, 7) is 0. The molecule has 3 N–H and O–H groups in total. The summed E-state index contributed by atoms with van der Waals surface area (Å²) in [5.74, 6) is -0.371. The molecule has 0 saturated heterocycles. The molecule has 6 heteroatoms. The van der Waals surface area contributed by atoms with Crippen molar-refractivity contribution in [2.24, 2.45) is 0 Å². The number of benzene rings is 2. The number of phenolic OH excluding ortho intramolecular Hbond substituents is 1. The van der Waals surface area contributed by atoms with Crippen LogP contribution in [0.1, 0.15) is 0 Å². The van der Waals surface area contributed by atoms with Crippen LogP contribution >= 0.6 is 0 Å². The SMILES string of the molecule is Nc1ccc(-c2ccc(OC(F)(F)F)cc2)cc1O. The number of hydrogen-bond donors (Lipinski definition) is 2. The molecule has 0 radical (unpaired) electrons. The van der Waals surface area contributed by atoms with E-state index in [2.05, 4.69) is 4.74 Å². The summed E-state index contributed by atoms with van der Waals surface area (Å²) in [7, 11) is 0. The van der Waals surface area contributed by atoms with E-state index in [1.165, 1.54) is 36.4 Å². The second-order valence-corrected chi connectivity index (χ2v) is 3.85. The van der Waals surface area contributed by atoms with Crippen LogP contribution in [0.4, 0.5) is 18.9 Å². The van der Waals surface area contributed by atoms with Crippen LogP contribution in [0.15, 0.2) is 42.5 Å². The Bertz CT molecular complexity index is 579. The van der Waals surface area contributed by atoms with Crippen molar-refractivity contribution in [3.05, 3.63) is 42.5 Å². The van der Waals surface area contributed by atoms with Crippen LogP contribution < -0.4 is 10.5 Å². The summed E-state index contributed by atoms with van der Waals surface area (Å²) in [6.07, 6.45) is -4.71. The van der Waals surface area contributed by atoms with Crippen molar-refractivity contribution in [1.29, 1.82) is 0 Å². The van der Waals surface area contributed by atoms with Crippen molar-refractivity contribution in [2.75, 3.05) is 5.73 Å². The van der Waals surface area contributed by atoms with Gasteiger partial charge in [0.15, 0.2) is 0 Å². The highest BCUT2D eigenvalue weighted by Crippen LogP contribution is 2.30. The lowest BCUT2D eigenvalue weighted by atomic mass is 10.0. The van der Waals surface area contributed by atoms with Gasteiger partial charge in [-0.15, -0.1) is 13.2 Å². The van der Waals surface area contributed by atoms with Crippen LogP contribution in [0.2, 0.25) is 0 Å². The molecule has 0 aliphatic heterocycles. The minimum Gasteiger partial charge on any atom is -0.506 e. The summed E-state index contributed by atoms with van der Waals surface area (Å²) in [5.41, 5.74) is 6.99. The van der Waals surface area contributed by atoms with E-state index in [1.54, 1.807) is 6.07 Å². The molecule has 0 spiro atoms. The Morgan fingerprint density at radius 2 is 1.53 bits per heavy atom. The third-order valence-electron chi connectivity index (χ3n) is 2.45. The fourth-order valence-corrected chi connectivity index (χ4v) is 1.57. The summed E-state index contributed by atoms with van der Waals surface area (Å²) < 4.78 is 39.7. The fourth-order valence-electron chi connectivity index (χ4n) is 1.57. The highest BCUT2D eigenvalue weighted by Gasteiger charge is 2.30. The Morgan fingerprint density at radius 3 is 2.05 bits per heavy atom.